The number of carbonyl (C=O) groups excluding carboxylic acids is 1. The zero-order valence-electron chi connectivity index (χ0n) is 10.5. The highest BCUT2D eigenvalue weighted by molar-refractivity contribution is 14.1. The molecule has 1 amide bonds. The number of aromatic nitrogens is 4. The fourth-order valence-electron chi connectivity index (χ4n) is 1.87. The third-order valence-electron chi connectivity index (χ3n) is 2.74. The second-order valence-electron chi connectivity index (χ2n) is 4.11. The molecular weight excluding hydrogens is 425 g/mol. The van der Waals surface area contributed by atoms with Crippen LogP contribution >= 0.6 is 38.5 Å². The summed E-state index contributed by atoms with van der Waals surface area (Å²) in [6, 6.07) is 0. The van der Waals surface area contributed by atoms with Gasteiger partial charge in [0.15, 0.2) is 5.69 Å². The summed E-state index contributed by atoms with van der Waals surface area (Å²) in [5.41, 5.74) is 7.56. The van der Waals surface area contributed by atoms with Gasteiger partial charge in [-0.25, -0.2) is 0 Å². The van der Waals surface area contributed by atoms with Gasteiger partial charge in [0.1, 0.15) is 8.30 Å². The zero-order chi connectivity index (χ0) is 14.2. The van der Waals surface area contributed by atoms with E-state index in [2.05, 4.69) is 48.7 Å². The van der Waals surface area contributed by atoms with E-state index in [9.17, 15) is 4.79 Å². The van der Waals surface area contributed by atoms with Gasteiger partial charge in [-0.3, -0.25) is 14.2 Å². The summed E-state index contributed by atoms with van der Waals surface area (Å²) in [5.74, 6) is -0.503. The van der Waals surface area contributed by atoms with Crippen LogP contribution in [0.4, 0.5) is 0 Å². The Kier molecular flexibility index (Phi) is 4.29. The first-order chi connectivity index (χ1) is 8.93. The van der Waals surface area contributed by atoms with Crippen molar-refractivity contribution >= 4 is 44.4 Å². The number of aryl methyl sites for hydroxylation is 1. The molecule has 0 fully saturated rings. The third-order valence-corrected chi connectivity index (χ3v) is 4.54. The molecule has 0 aliphatic carbocycles. The number of rotatable bonds is 4. The van der Waals surface area contributed by atoms with Crippen LogP contribution in [0.25, 0.3) is 0 Å². The van der Waals surface area contributed by atoms with Crippen molar-refractivity contribution in [3.8, 4) is 0 Å². The second-order valence-corrected chi connectivity index (χ2v) is 5.89. The molecule has 0 saturated carbocycles. The smallest absolute Gasteiger partial charge is 0.269 e. The second kappa shape index (κ2) is 5.61. The molecule has 0 aliphatic heterocycles. The van der Waals surface area contributed by atoms with Gasteiger partial charge < -0.3 is 5.73 Å². The maximum absolute atomic E-state index is 11.4. The fourth-order valence-corrected chi connectivity index (χ4v) is 3.20. The molecule has 0 atom stereocenters. The van der Waals surface area contributed by atoms with E-state index in [4.69, 9.17) is 5.73 Å². The molecule has 0 bridgehead atoms. The highest BCUT2D eigenvalue weighted by Crippen LogP contribution is 2.23. The van der Waals surface area contributed by atoms with Gasteiger partial charge in [0.2, 0.25) is 0 Å². The van der Waals surface area contributed by atoms with Crippen molar-refractivity contribution in [2.75, 3.05) is 0 Å². The molecule has 0 aliphatic rings. The number of primary amides is 1. The van der Waals surface area contributed by atoms with Crippen LogP contribution in [-0.4, -0.2) is 25.5 Å². The van der Waals surface area contributed by atoms with Gasteiger partial charge in [0.25, 0.3) is 5.91 Å². The zero-order valence-corrected chi connectivity index (χ0v) is 14.3. The molecule has 0 saturated heterocycles. The van der Waals surface area contributed by atoms with E-state index in [1.54, 1.807) is 9.36 Å². The Balaban J connectivity index is 2.41. The molecule has 8 heteroatoms. The molecule has 2 rings (SSSR count). The Bertz CT molecular complexity index is 633. The summed E-state index contributed by atoms with van der Waals surface area (Å²) in [7, 11) is 1.87. The Hall–Kier alpha value is -0.900. The van der Waals surface area contributed by atoms with Gasteiger partial charge in [-0.1, -0.05) is 6.92 Å². The molecule has 0 spiro atoms. The first-order valence-electron chi connectivity index (χ1n) is 5.67. The third kappa shape index (κ3) is 2.83. The predicted octanol–water partition coefficient (Wildman–Crippen LogP) is 1.69. The van der Waals surface area contributed by atoms with Crippen molar-refractivity contribution < 1.29 is 4.79 Å². The highest BCUT2D eigenvalue weighted by atomic mass is 127. The van der Waals surface area contributed by atoms with Crippen LogP contribution in [-0.2, 0) is 20.0 Å². The Labute approximate surface area is 132 Å². The summed E-state index contributed by atoms with van der Waals surface area (Å²) in [4.78, 5) is 11.4. The number of amides is 1. The van der Waals surface area contributed by atoms with Crippen LogP contribution in [0.3, 0.4) is 0 Å². The van der Waals surface area contributed by atoms with Crippen molar-refractivity contribution in [2.24, 2.45) is 12.8 Å². The fraction of sp³-hybridized carbons (Fsp3) is 0.364. The lowest BCUT2D eigenvalue weighted by Crippen LogP contribution is -2.14. The molecule has 0 aromatic carbocycles. The van der Waals surface area contributed by atoms with Gasteiger partial charge >= 0.3 is 0 Å². The Morgan fingerprint density at radius 1 is 1.53 bits per heavy atom. The van der Waals surface area contributed by atoms with Crippen LogP contribution in [0.15, 0.2) is 10.8 Å². The van der Waals surface area contributed by atoms with E-state index < -0.39 is 5.91 Å². The Morgan fingerprint density at radius 3 is 2.63 bits per heavy atom. The predicted molar refractivity (Wildman–Crippen MR) is 82.8 cm³/mol. The van der Waals surface area contributed by atoms with Gasteiger partial charge in [-0.05, 0) is 44.9 Å². The number of halogens is 2. The Morgan fingerprint density at radius 2 is 2.21 bits per heavy atom. The van der Waals surface area contributed by atoms with Crippen molar-refractivity contribution in [1.82, 2.24) is 19.6 Å². The maximum atomic E-state index is 11.4. The minimum atomic E-state index is -0.503. The average molecular weight is 438 g/mol. The van der Waals surface area contributed by atoms with Crippen LogP contribution in [0, 0.1) is 3.70 Å². The van der Waals surface area contributed by atoms with Crippen molar-refractivity contribution in [1.29, 1.82) is 0 Å². The molecule has 2 N–H and O–H groups in total. The van der Waals surface area contributed by atoms with Crippen molar-refractivity contribution in [2.45, 2.75) is 19.9 Å². The van der Waals surface area contributed by atoms with Crippen molar-refractivity contribution in [3.63, 3.8) is 0 Å². The molecule has 0 unspecified atom stereocenters. The normalized spacial score (nSPS) is 10.9. The first-order valence-corrected chi connectivity index (χ1v) is 7.54. The lowest BCUT2D eigenvalue weighted by molar-refractivity contribution is 0.0994. The van der Waals surface area contributed by atoms with Gasteiger partial charge in [-0.15, -0.1) is 0 Å². The summed E-state index contributed by atoms with van der Waals surface area (Å²) in [6.45, 7) is 2.51. The number of nitrogens with two attached hydrogens (primary N) is 1. The van der Waals surface area contributed by atoms with Crippen LogP contribution in [0.2, 0.25) is 0 Å². The molecule has 6 nitrogen and oxygen atoms in total. The van der Waals surface area contributed by atoms with E-state index in [0.717, 1.165) is 19.4 Å². The molecule has 2 aromatic heterocycles. The minimum absolute atomic E-state index is 0.327. The quantitative estimate of drug-likeness (QED) is 0.739. The number of carbonyl (C=O) groups is 1. The van der Waals surface area contributed by atoms with Gasteiger partial charge in [0, 0.05) is 24.4 Å². The molecule has 19 heavy (non-hydrogen) atoms. The van der Waals surface area contributed by atoms with Crippen LogP contribution < -0.4 is 5.73 Å². The molecule has 2 aromatic rings. The van der Waals surface area contributed by atoms with Crippen LogP contribution in [0.1, 0.15) is 28.5 Å². The lowest BCUT2D eigenvalue weighted by Gasteiger charge is -2.01. The summed E-state index contributed by atoms with van der Waals surface area (Å²) in [5, 5.41) is 8.56. The number of hydrogen-bond donors (Lipinski definition) is 1. The molecule has 2 heterocycles. The van der Waals surface area contributed by atoms with E-state index in [1.807, 2.05) is 20.2 Å². The number of hydrogen-bond acceptors (Lipinski definition) is 3. The van der Waals surface area contributed by atoms with E-state index in [0.29, 0.717) is 18.7 Å². The van der Waals surface area contributed by atoms with Crippen molar-refractivity contribution in [3.05, 3.63) is 31.3 Å². The topological polar surface area (TPSA) is 78.7 Å². The van der Waals surface area contributed by atoms with E-state index >= 15 is 0 Å². The monoisotopic (exact) mass is 437 g/mol. The summed E-state index contributed by atoms with van der Waals surface area (Å²) in [6.07, 6.45) is 2.63. The van der Waals surface area contributed by atoms with Gasteiger partial charge in [0.05, 0.1) is 6.54 Å². The minimum Gasteiger partial charge on any atom is -0.364 e. The first kappa shape index (κ1) is 14.5. The molecule has 102 valence electrons. The summed E-state index contributed by atoms with van der Waals surface area (Å²) < 4.78 is 5.20. The molecule has 0 radical (unpaired) electrons. The number of nitrogens with zero attached hydrogens (tertiary/aromatic N) is 4. The summed E-state index contributed by atoms with van der Waals surface area (Å²) >= 11 is 5.66. The molecular formula is C11H13BrIN5O. The average Bonchev–Trinajstić information content (AvgIpc) is 2.81. The van der Waals surface area contributed by atoms with Gasteiger partial charge in [-0.2, -0.15) is 10.2 Å². The largest absolute Gasteiger partial charge is 0.364 e. The van der Waals surface area contributed by atoms with E-state index in [-0.39, 0.29) is 0 Å². The van der Waals surface area contributed by atoms with E-state index in [1.165, 1.54) is 0 Å². The van der Waals surface area contributed by atoms with Crippen LogP contribution in [0.5, 0.6) is 0 Å². The highest BCUT2D eigenvalue weighted by Gasteiger charge is 2.19. The standard InChI is InChI=1S/C11H13BrIN5O/c1-3-7-8(11(14)19)15-18(9(7)12)5-6-4-17(2)16-10(6)13/h4H,3,5H2,1-2H3,(H2,14,19). The lowest BCUT2D eigenvalue weighted by atomic mass is 10.2. The maximum Gasteiger partial charge on any atom is 0.269 e. The SMILES string of the molecule is CCc1c(C(N)=O)nn(Cc2cn(C)nc2I)c1Br.